The second kappa shape index (κ2) is 4.58. The van der Waals surface area contributed by atoms with Crippen molar-refractivity contribution in [2.24, 2.45) is 4.99 Å². The maximum Gasteiger partial charge on any atom is 0.235 e. The van der Waals surface area contributed by atoms with Crippen LogP contribution in [-0.4, -0.2) is 13.2 Å². The zero-order valence-corrected chi connectivity index (χ0v) is 8.57. The summed E-state index contributed by atoms with van der Waals surface area (Å²) in [5, 5.41) is 0. The van der Waals surface area contributed by atoms with E-state index in [1.807, 2.05) is 32.0 Å². The molecule has 0 radical (unpaired) electrons. The van der Waals surface area contributed by atoms with E-state index in [4.69, 9.17) is 4.74 Å². The normalized spacial score (nSPS) is 11.6. The lowest BCUT2D eigenvalue weighted by atomic mass is 10.1. The lowest BCUT2D eigenvalue weighted by Gasteiger charge is -2.08. The van der Waals surface area contributed by atoms with Crippen molar-refractivity contribution in [2.45, 2.75) is 19.9 Å². The van der Waals surface area contributed by atoms with Crippen molar-refractivity contribution in [1.82, 2.24) is 0 Å². The molecule has 0 fully saturated rings. The first-order valence-electron chi connectivity index (χ1n) is 4.40. The molecule has 0 aliphatic rings. The van der Waals surface area contributed by atoms with E-state index in [0.29, 0.717) is 0 Å². The van der Waals surface area contributed by atoms with E-state index in [9.17, 15) is 4.79 Å². The van der Waals surface area contributed by atoms with Crippen molar-refractivity contribution >= 4 is 6.08 Å². The van der Waals surface area contributed by atoms with Crippen LogP contribution >= 0.6 is 0 Å². The highest BCUT2D eigenvalue weighted by molar-refractivity contribution is 5.39. The van der Waals surface area contributed by atoms with Crippen LogP contribution in [0.1, 0.15) is 24.1 Å². The summed E-state index contributed by atoms with van der Waals surface area (Å²) in [6, 6.07) is 5.60. The van der Waals surface area contributed by atoms with Crippen LogP contribution in [0.25, 0.3) is 0 Å². The van der Waals surface area contributed by atoms with Gasteiger partial charge in [-0.3, -0.25) is 0 Å². The van der Waals surface area contributed by atoms with E-state index in [1.54, 1.807) is 13.2 Å². The van der Waals surface area contributed by atoms with Crippen molar-refractivity contribution in [3.8, 4) is 5.75 Å². The molecule has 1 aromatic carbocycles. The number of benzene rings is 1. The number of hydrogen-bond acceptors (Lipinski definition) is 3. The molecule has 0 saturated heterocycles. The summed E-state index contributed by atoms with van der Waals surface area (Å²) in [6.07, 6.45) is 1.56. The number of isocyanates is 1. The van der Waals surface area contributed by atoms with Gasteiger partial charge in [0, 0.05) is 0 Å². The standard InChI is InChI=1S/C11H13NO2/c1-8-6-10(9(2)12-7-13)4-5-11(8)14-3/h4-6,9H,1-3H3. The SMILES string of the molecule is COc1ccc(C(C)N=C=O)cc1C. The van der Waals surface area contributed by atoms with Crippen LogP contribution in [0, 0.1) is 6.92 Å². The molecular formula is C11H13NO2. The van der Waals surface area contributed by atoms with Crippen LogP contribution in [0.5, 0.6) is 5.75 Å². The zero-order valence-electron chi connectivity index (χ0n) is 8.57. The summed E-state index contributed by atoms with van der Waals surface area (Å²) < 4.78 is 5.13. The molecule has 1 rings (SSSR count). The Hall–Kier alpha value is -1.60. The number of carbonyl (C=O) groups excluding carboxylic acids is 1. The number of rotatable bonds is 3. The average Bonchev–Trinajstić information content (AvgIpc) is 2.18. The number of methoxy groups -OCH3 is 1. The molecule has 3 nitrogen and oxygen atoms in total. The second-order valence-electron chi connectivity index (χ2n) is 3.13. The lowest BCUT2D eigenvalue weighted by Crippen LogP contribution is -1.92. The van der Waals surface area contributed by atoms with E-state index < -0.39 is 0 Å². The van der Waals surface area contributed by atoms with Gasteiger partial charge < -0.3 is 4.74 Å². The fourth-order valence-corrected chi connectivity index (χ4v) is 1.32. The maximum atomic E-state index is 10.1. The van der Waals surface area contributed by atoms with Gasteiger partial charge in [0.1, 0.15) is 5.75 Å². The third kappa shape index (κ3) is 2.21. The molecule has 14 heavy (non-hydrogen) atoms. The first kappa shape index (κ1) is 10.5. The Morgan fingerprint density at radius 2 is 2.21 bits per heavy atom. The summed E-state index contributed by atoms with van der Waals surface area (Å²) >= 11 is 0. The summed E-state index contributed by atoms with van der Waals surface area (Å²) in [5.41, 5.74) is 2.03. The molecule has 0 aliphatic heterocycles. The van der Waals surface area contributed by atoms with Gasteiger partial charge in [-0.05, 0) is 31.0 Å². The van der Waals surface area contributed by atoms with E-state index in [-0.39, 0.29) is 6.04 Å². The van der Waals surface area contributed by atoms with Crippen molar-refractivity contribution in [3.63, 3.8) is 0 Å². The molecule has 0 bridgehead atoms. The fraction of sp³-hybridized carbons (Fsp3) is 0.364. The Morgan fingerprint density at radius 1 is 1.50 bits per heavy atom. The van der Waals surface area contributed by atoms with Crippen LogP contribution in [0.2, 0.25) is 0 Å². The fourth-order valence-electron chi connectivity index (χ4n) is 1.32. The van der Waals surface area contributed by atoms with Gasteiger partial charge in [-0.25, -0.2) is 4.79 Å². The largest absolute Gasteiger partial charge is 0.496 e. The molecule has 74 valence electrons. The van der Waals surface area contributed by atoms with Crippen LogP contribution in [0.15, 0.2) is 23.2 Å². The Morgan fingerprint density at radius 3 is 2.71 bits per heavy atom. The molecule has 0 N–H and O–H groups in total. The average molecular weight is 191 g/mol. The minimum Gasteiger partial charge on any atom is -0.496 e. The molecule has 1 atom stereocenters. The highest BCUT2D eigenvalue weighted by Gasteiger charge is 2.05. The molecule has 1 unspecified atom stereocenters. The number of hydrogen-bond donors (Lipinski definition) is 0. The predicted molar refractivity (Wildman–Crippen MR) is 54.3 cm³/mol. The lowest BCUT2D eigenvalue weighted by molar-refractivity contribution is 0.411. The van der Waals surface area contributed by atoms with Crippen molar-refractivity contribution in [1.29, 1.82) is 0 Å². The molecule has 0 spiro atoms. The number of nitrogens with zero attached hydrogens (tertiary/aromatic N) is 1. The van der Waals surface area contributed by atoms with Gasteiger partial charge in [-0.2, -0.15) is 4.99 Å². The molecule has 0 aromatic heterocycles. The third-order valence-corrected chi connectivity index (χ3v) is 2.15. The topological polar surface area (TPSA) is 38.7 Å². The minimum atomic E-state index is -0.142. The van der Waals surface area contributed by atoms with Crippen LogP contribution in [0.4, 0.5) is 0 Å². The third-order valence-electron chi connectivity index (χ3n) is 2.15. The van der Waals surface area contributed by atoms with E-state index >= 15 is 0 Å². The molecule has 3 heteroatoms. The Bertz CT molecular complexity index is 368. The number of aryl methyl sites for hydroxylation is 1. The van der Waals surface area contributed by atoms with Gasteiger partial charge in [0.05, 0.1) is 13.2 Å². The summed E-state index contributed by atoms with van der Waals surface area (Å²) in [5.74, 6) is 0.844. The first-order chi connectivity index (χ1) is 6.69. The van der Waals surface area contributed by atoms with Crippen molar-refractivity contribution in [3.05, 3.63) is 29.3 Å². The van der Waals surface area contributed by atoms with E-state index in [1.165, 1.54) is 0 Å². The van der Waals surface area contributed by atoms with Crippen LogP contribution in [-0.2, 0) is 4.79 Å². The highest BCUT2D eigenvalue weighted by atomic mass is 16.5. The van der Waals surface area contributed by atoms with Gasteiger partial charge in [0.25, 0.3) is 0 Å². The zero-order chi connectivity index (χ0) is 10.6. The van der Waals surface area contributed by atoms with Gasteiger partial charge in [-0.1, -0.05) is 12.1 Å². The second-order valence-corrected chi connectivity index (χ2v) is 3.13. The number of aliphatic imine (C=N–C) groups is 1. The van der Waals surface area contributed by atoms with Crippen LogP contribution < -0.4 is 4.74 Å². The van der Waals surface area contributed by atoms with Crippen molar-refractivity contribution in [2.75, 3.05) is 7.11 Å². The van der Waals surface area contributed by atoms with E-state index in [2.05, 4.69) is 4.99 Å². The summed E-state index contributed by atoms with van der Waals surface area (Å²) in [7, 11) is 1.63. The smallest absolute Gasteiger partial charge is 0.235 e. The summed E-state index contributed by atoms with van der Waals surface area (Å²) in [6.45, 7) is 3.81. The Labute approximate surface area is 83.4 Å². The number of ether oxygens (including phenoxy) is 1. The van der Waals surface area contributed by atoms with Gasteiger partial charge in [0.2, 0.25) is 6.08 Å². The minimum absolute atomic E-state index is 0.142. The quantitative estimate of drug-likeness (QED) is 0.543. The van der Waals surface area contributed by atoms with Crippen LogP contribution in [0.3, 0.4) is 0 Å². The molecule has 0 amide bonds. The maximum absolute atomic E-state index is 10.1. The molecule has 0 heterocycles. The highest BCUT2D eigenvalue weighted by Crippen LogP contribution is 2.23. The monoisotopic (exact) mass is 191 g/mol. The Balaban J connectivity index is 3.01. The van der Waals surface area contributed by atoms with Crippen molar-refractivity contribution < 1.29 is 9.53 Å². The summed E-state index contributed by atoms with van der Waals surface area (Å²) in [4.78, 5) is 13.7. The van der Waals surface area contributed by atoms with Gasteiger partial charge >= 0.3 is 0 Å². The molecule has 0 saturated carbocycles. The van der Waals surface area contributed by atoms with E-state index in [0.717, 1.165) is 16.9 Å². The molecular weight excluding hydrogens is 178 g/mol. The molecule has 0 aliphatic carbocycles. The first-order valence-corrected chi connectivity index (χ1v) is 4.40. The van der Waals surface area contributed by atoms with Gasteiger partial charge in [-0.15, -0.1) is 0 Å². The Kier molecular flexibility index (Phi) is 3.43. The van der Waals surface area contributed by atoms with Gasteiger partial charge in [0.15, 0.2) is 0 Å². The molecule has 1 aromatic rings. The predicted octanol–water partition coefficient (Wildman–Crippen LogP) is 2.40.